The third-order valence-electron chi connectivity index (χ3n) is 5.39. The zero-order valence-corrected chi connectivity index (χ0v) is 15.8. The first-order valence-corrected chi connectivity index (χ1v) is 10.6. The number of amides is 1. The summed E-state index contributed by atoms with van der Waals surface area (Å²) in [6, 6.07) is 10.4. The first-order valence-electron chi connectivity index (χ1n) is 9.10. The van der Waals surface area contributed by atoms with Crippen LogP contribution in [0.3, 0.4) is 0 Å². The minimum atomic E-state index is -3.92. The van der Waals surface area contributed by atoms with Gasteiger partial charge in [-0.25, -0.2) is 12.8 Å². The first kappa shape index (κ1) is 18.0. The molecule has 2 aromatic carbocycles. The molecular weight excluding hydrogens is 367 g/mol. The number of nitrogens with zero attached hydrogens (tertiary/aromatic N) is 1. The third-order valence-corrected chi connectivity index (χ3v) is 6.75. The number of carbonyl (C=O) groups excluding carboxylic acids is 1. The van der Waals surface area contributed by atoms with E-state index in [0.29, 0.717) is 6.42 Å². The maximum absolute atomic E-state index is 13.8. The summed E-state index contributed by atoms with van der Waals surface area (Å²) < 4.78 is 41.4. The van der Waals surface area contributed by atoms with Crippen LogP contribution in [0.5, 0.6) is 0 Å². The van der Waals surface area contributed by atoms with Crippen molar-refractivity contribution in [3.8, 4) is 0 Å². The van der Waals surface area contributed by atoms with E-state index >= 15 is 0 Å². The molecule has 1 amide bonds. The summed E-state index contributed by atoms with van der Waals surface area (Å²) in [5.74, 6) is -0.412. The molecule has 0 spiro atoms. The quantitative estimate of drug-likeness (QED) is 0.868. The SMILES string of the molecule is CC1Cc2cc(S(=O)(=O)Nc3ccccc3F)ccc2N1C(=O)C1CCC1. The molecule has 1 N–H and O–H groups in total. The second-order valence-corrected chi connectivity index (χ2v) is 8.95. The average molecular weight is 388 g/mol. The lowest BCUT2D eigenvalue weighted by atomic mass is 9.84. The van der Waals surface area contributed by atoms with Crippen LogP contribution in [0.25, 0.3) is 0 Å². The number of halogens is 1. The Morgan fingerprint density at radius 3 is 2.59 bits per heavy atom. The molecule has 1 fully saturated rings. The lowest BCUT2D eigenvalue weighted by molar-refractivity contribution is -0.125. The van der Waals surface area contributed by atoms with Crippen molar-refractivity contribution in [2.24, 2.45) is 5.92 Å². The Balaban J connectivity index is 1.62. The number of hydrogen-bond acceptors (Lipinski definition) is 3. The van der Waals surface area contributed by atoms with E-state index in [9.17, 15) is 17.6 Å². The molecule has 4 rings (SSSR count). The standard InChI is InChI=1S/C20H21FN2O3S/c1-13-11-15-12-16(27(25,26)22-18-8-3-2-7-17(18)21)9-10-19(15)23(13)20(24)14-5-4-6-14/h2-3,7-10,12-14,22H,4-6,11H2,1H3. The van der Waals surface area contributed by atoms with Gasteiger partial charge in [0.25, 0.3) is 10.0 Å². The van der Waals surface area contributed by atoms with Crippen molar-refractivity contribution >= 4 is 27.3 Å². The molecule has 1 aliphatic carbocycles. The van der Waals surface area contributed by atoms with E-state index in [2.05, 4.69) is 4.72 Å². The number of benzene rings is 2. The predicted octanol–water partition coefficient (Wildman–Crippen LogP) is 3.70. The van der Waals surface area contributed by atoms with Gasteiger partial charge in [-0.15, -0.1) is 0 Å². The molecule has 5 nitrogen and oxygen atoms in total. The Labute approximate surface area is 158 Å². The van der Waals surface area contributed by atoms with E-state index in [4.69, 9.17) is 0 Å². The summed E-state index contributed by atoms with van der Waals surface area (Å²) in [6.07, 6.45) is 3.55. The van der Waals surface area contributed by atoms with E-state index in [1.807, 2.05) is 6.92 Å². The maximum atomic E-state index is 13.8. The van der Waals surface area contributed by atoms with Crippen LogP contribution in [-0.2, 0) is 21.2 Å². The van der Waals surface area contributed by atoms with Gasteiger partial charge < -0.3 is 4.90 Å². The first-order chi connectivity index (χ1) is 12.9. The molecule has 1 atom stereocenters. The van der Waals surface area contributed by atoms with Crippen molar-refractivity contribution in [1.82, 2.24) is 0 Å². The van der Waals surface area contributed by atoms with Crippen LogP contribution in [0.15, 0.2) is 47.4 Å². The van der Waals surface area contributed by atoms with Crippen LogP contribution in [0.4, 0.5) is 15.8 Å². The van der Waals surface area contributed by atoms with Crippen LogP contribution < -0.4 is 9.62 Å². The zero-order chi connectivity index (χ0) is 19.2. The highest BCUT2D eigenvalue weighted by Gasteiger charge is 2.37. The maximum Gasteiger partial charge on any atom is 0.261 e. The second-order valence-electron chi connectivity index (χ2n) is 7.27. The van der Waals surface area contributed by atoms with E-state index in [1.54, 1.807) is 23.1 Å². The smallest absolute Gasteiger partial charge is 0.261 e. The monoisotopic (exact) mass is 388 g/mol. The number of fused-ring (bicyclic) bond motifs is 1. The van der Waals surface area contributed by atoms with Crippen molar-refractivity contribution in [2.45, 2.75) is 43.5 Å². The Morgan fingerprint density at radius 1 is 1.19 bits per heavy atom. The molecule has 0 radical (unpaired) electrons. The number of hydrogen-bond donors (Lipinski definition) is 1. The number of carbonyl (C=O) groups is 1. The number of anilines is 2. The van der Waals surface area contributed by atoms with Gasteiger partial charge in [0.1, 0.15) is 5.82 Å². The normalized spacial score (nSPS) is 19.5. The van der Waals surface area contributed by atoms with Crippen molar-refractivity contribution in [1.29, 1.82) is 0 Å². The number of nitrogens with one attached hydrogen (secondary N) is 1. The minimum Gasteiger partial charge on any atom is -0.309 e. The summed E-state index contributed by atoms with van der Waals surface area (Å²) in [6.45, 7) is 1.97. The van der Waals surface area contributed by atoms with Crippen LogP contribution in [0.1, 0.15) is 31.7 Å². The van der Waals surface area contributed by atoms with Crippen molar-refractivity contribution in [3.05, 3.63) is 53.8 Å². The zero-order valence-electron chi connectivity index (χ0n) is 15.0. The second kappa shape index (κ2) is 6.64. The van der Waals surface area contributed by atoms with Gasteiger partial charge >= 0.3 is 0 Å². The fourth-order valence-electron chi connectivity index (χ4n) is 3.71. The fraction of sp³-hybridized carbons (Fsp3) is 0.350. The summed E-state index contributed by atoms with van der Waals surface area (Å²) in [5, 5.41) is 0. The lowest BCUT2D eigenvalue weighted by Gasteiger charge is -2.32. The summed E-state index contributed by atoms with van der Waals surface area (Å²) in [5.41, 5.74) is 1.52. The summed E-state index contributed by atoms with van der Waals surface area (Å²) in [7, 11) is -3.92. The Kier molecular flexibility index (Phi) is 4.42. The highest BCUT2D eigenvalue weighted by molar-refractivity contribution is 7.92. The Hall–Kier alpha value is -2.41. The fourth-order valence-corrected chi connectivity index (χ4v) is 4.83. The van der Waals surface area contributed by atoms with Gasteiger partial charge in [-0.05, 0) is 62.1 Å². The molecule has 1 heterocycles. The number of rotatable bonds is 4. The van der Waals surface area contributed by atoms with E-state index in [-0.39, 0.29) is 28.4 Å². The van der Waals surface area contributed by atoms with Gasteiger partial charge in [-0.1, -0.05) is 18.6 Å². The van der Waals surface area contributed by atoms with Gasteiger partial charge in [0.05, 0.1) is 10.6 Å². The number of para-hydroxylation sites is 1. The predicted molar refractivity (Wildman–Crippen MR) is 102 cm³/mol. The van der Waals surface area contributed by atoms with Gasteiger partial charge in [0.15, 0.2) is 0 Å². The van der Waals surface area contributed by atoms with E-state index < -0.39 is 15.8 Å². The van der Waals surface area contributed by atoms with Crippen LogP contribution >= 0.6 is 0 Å². The summed E-state index contributed by atoms with van der Waals surface area (Å²) in [4.78, 5) is 14.6. The van der Waals surface area contributed by atoms with Crippen molar-refractivity contribution in [3.63, 3.8) is 0 Å². The lowest BCUT2D eigenvalue weighted by Crippen LogP contribution is -2.42. The highest BCUT2D eigenvalue weighted by atomic mass is 32.2. The molecule has 0 aromatic heterocycles. The largest absolute Gasteiger partial charge is 0.309 e. The van der Waals surface area contributed by atoms with Gasteiger partial charge in [-0.2, -0.15) is 0 Å². The van der Waals surface area contributed by atoms with Crippen molar-refractivity contribution < 1.29 is 17.6 Å². The molecule has 27 heavy (non-hydrogen) atoms. The topological polar surface area (TPSA) is 66.5 Å². The van der Waals surface area contributed by atoms with Crippen LogP contribution in [-0.4, -0.2) is 20.4 Å². The molecule has 7 heteroatoms. The van der Waals surface area contributed by atoms with Crippen LogP contribution in [0, 0.1) is 11.7 Å². The molecular formula is C20H21FN2O3S. The molecule has 1 saturated carbocycles. The molecule has 1 unspecified atom stereocenters. The van der Waals surface area contributed by atoms with E-state index in [1.165, 1.54) is 24.3 Å². The Morgan fingerprint density at radius 2 is 1.93 bits per heavy atom. The highest BCUT2D eigenvalue weighted by Crippen LogP contribution is 2.38. The van der Waals surface area contributed by atoms with Gasteiger partial charge in [0, 0.05) is 17.6 Å². The molecule has 142 valence electrons. The van der Waals surface area contributed by atoms with Gasteiger partial charge in [0.2, 0.25) is 5.91 Å². The number of sulfonamides is 1. The minimum absolute atomic E-state index is 0.00517. The molecule has 1 aliphatic heterocycles. The van der Waals surface area contributed by atoms with Gasteiger partial charge in [-0.3, -0.25) is 9.52 Å². The molecule has 2 aromatic rings. The van der Waals surface area contributed by atoms with E-state index in [0.717, 1.165) is 30.5 Å². The molecule has 0 bridgehead atoms. The van der Waals surface area contributed by atoms with Crippen LogP contribution in [0.2, 0.25) is 0 Å². The molecule has 0 saturated heterocycles. The Bertz CT molecular complexity index is 1000. The summed E-state index contributed by atoms with van der Waals surface area (Å²) >= 11 is 0. The third kappa shape index (κ3) is 3.20. The average Bonchev–Trinajstić information content (AvgIpc) is 2.90. The molecule has 2 aliphatic rings. The van der Waals surface area contributed by atoms with Crippen molar-refractivity contribution in [2.75, 3.05) is 9.62 Å².